The van der Waals surface area contributed by atoms with Crippen LogP contribution in [0.25, 0.3) is 22.0 Å². The summed E-state index contributed by atoms with van der Waals surface area (Å²) < 4.78 is 7.67. The molecule has 0 fully saturated rings. The molecule has 0 bridgehead atoms. The Hall–Kier alpha value is -3.19. The van der Waals surface area contributed by atoms with Crippen LogP contribution in [0.2, 0.25) is 0 Å². The maximum Gasteiger partial charge on any atom is 0.253 e. The smallest absolute Gasteiger partial charge is 0.253 e. The van der Waals surface area contributed by atoms with Crippen molar-refractivity contribution in [2.75, 3.05) is 0 Å². The minimum atomic E-state index is -0.0653. The number of hydrogen-bond acceptors (Lipinski definition) is 5. The molecule has 7 heteroatoms. The molecule has 1 unspecified atom stereocenters. The van der Waals surface area contributed by atoms with Gasteiger partial charge >= 0.3 is 0 Å². The number of aryl methyl sites for hydroxylation is 1. The molecule has 4 rings (SSSR count). The summed E-state index contributed by atoms with van der Waals surface area (Å²) in [6.07, 6.45) is 4.39. The quantitative estimate of drug-likeness (QED) is 0.419. The van der Waals surface area contributed by atoms with Gasteiger partial charge in [0.25, 0.3) is 5.91 Å². The normalized spacial score (nSPS) is 12.1. The highest BCUT2D eigenvalue weighted by atomic mass is 32.1. The van der Waals surface area contributed by atoms with E-state index in [-0.39, 0.29) is 11.9 Å². The Bertz CT molecular complexity index is 1170. The van der Waals surface area contributed by atoms with Gasteiger partial charge < -0.3 is 14.3 Å². The van der Waals surface area contributed by atoms with Gasteiger partial charge in [0.15, 0.2) is 0 Å². The van der Waals surface area contributed by atoms with E-state index in [0.29, 0.717) is 12.1 Å². The Kier molecular flexibility index (Phi) is 6.04. The fourth-order valence-corrected chi connectivity index (χ4v) is 4.18. The molecule has 160 valence electrons. The van der Waals surface area contributed by atoms with Gasteiger partial charge in [0.2, 0.25) is 0 Å². The SMILES string of the molecule is CCC(C)NC(=O)c1cc(-c2csc(-c3ccc(C)nc3)n2)n(Cc2ccco2)c1C. The van der Waals surface area contributed by atoms with Gasteiger partial charge in [-0.3, -0.25) is 9.78 Å². The molecule has 1 atom stereocenters. The maximum absolute atomic E-state index is 12.9. The van der Waals surface area contributed by atoms with E-state index in [2.05, 4.69) is 21.8 Å². The Morgan fingerprint density at radius 3 is 2.81 bits per heavy atom. The van der Waals surface area contributed by atoms with Gasteiger partial charge in [-0.25, -0.2) is 4.98 Å². The van der Waals surface area contributed by atoms with E-state index >= 15 is 0 Å². The summed E-state index contributed by atoms with van der Waals surface area (Å²) in [4.78, 5) is 22.2. The van der Waals surface area contributed by atoms with Crippen LogP contribution < -0.4 is 5.32 Å². The number of carbonyl (C=O) groups is 1. The molecule has 0 aliphatic carbocycles. The first-order chi connectivity index (χ1) is 15.0. The zero-order chi connectivity index (χ0) is 22.0. The van der Waals surface area contributed by atoms with Crippen molar-refractivity contribution in [2.24, 2.45) is 0 Å². The van der Waals surface area contributed by atoms with Crippen molar-refractivity contribution in [2.45, 2.75) is 46.7 Å². The monoisotopic (exact) mass is 434 g/mol. The van der Waals surface area contributed by atoms with Crippen LogP contribution in [0, 0.1) is 13.8 Å². The highest BCUT2D eigenvalue weighted by Gasteiger charge is 2.21. The van der Waals surface area contributed by atoms with Crippen LogP contribution in [0.4, 0.5) is 0 Å². The van der Waals surface area contributed by atoms with Gasteiger partial charge in [-0.05, 0) is 57.5 Å². The highest BCUT2D eigenvalue weighted by Crippen LogP contribution is 2.32. The average molecular weight is 435 g/mol. The number of aromatic nitrogens is 3. The fraction of sp³-hybridized carbons (Fsp3) is 0.292. The molecule has 31 heavy (non-hydrogen) atoms. The van der Waals surface area contributed by atoms with Crippen LogP contribution in [0.15, 0.2) is 52.6 Å². The third kappa shape index (κ3) is 4.46. The van der Waals surface area contributed by atoms with Crippen LogP contribution >= 0.6 is 11.3 Å². The summed E-state index contributed by atoms with van der Waals surface area (Å²) in [7, 11) is 0. The van der Waals surface area contributed by atoms with Gasteiger partial charge in [-0.1, -0.05) is 6.92 Å². The van der Waals surface area contributed by atoms with E-state index in [1.165, 1.54) is 0 Å². The summed E-state index contributed by atoms with van der Waals surface area (Å²) in [5, 5.41) is 6.00. The number of hydrogen-bond donors (Lipinski definition) is 1. The van der Waals surface area contributed by atoms with Crippen molar-refractivity contribution in [3.63, 3.8) is 0 Å². The summed E-state index contributed by atoms with van der Waals surface area (Å²) in [6.45, 7) is 8.53. The van der Waals surface area contributed by atoms with Gasteiger partial charge in [-0.2, -0.15) is 0 Å². The number of nitrogens with zero attached hydrogens (tertiary/aromatic N) is 3. The topological polar surface area (TPSA) is 73.0 Å². The standard InChI is InChI=1S/C24H26N4O2S/c1-5-15(2)26-23(29)20-11-22(28(17(20)4)13-19-7-6-10-30-19)21-14-31-24(27-21)18-9-8-16(3)25-12-18/h6-12,14-15H,5,13H2,1-4H3,(H,26,29). The summed E-state index contributed by atoms with van der Waals surface area (Å²) in [6, 6.07) is 9.87. The number of nitrogens with one attached hydrogen (secondary N) is 1. The Morgan fingerprint density at radius 1 is 1.29 bits per heavy atom. The molecule has 0 aliphatic heterocycles. The minimum Gasteiger partial charge on any atom is -0.467 e. The van der Waals surface area contributed by atoms with E-state index in [9.17, 15) is 4.79 Å². The molecule has 0 saturated carbocycles. The van der Waals surface area contributed by atoms with E-state index in [4.69, 9.17) is 9.40 Å². The maximum atomic E-state index is 12.9. The molecule has 0 spiro atoms. The minimum absolute atomic E-state index is 0.0653. The first-order valence-electron chi connectivity index (χ1n) is 10.4. The highest BCUT2D eigenvalue weighted by molar-refractivity contribution is 7.13. The van der Waals surface area contributed by atoms with Crippen LogP contribution in [0.1, 0.15) is 47.8 Å². The number of rotatable bonds is 7. The summed E-state index contributed by atoms with van der Waals surface area (Å²) in [5.41, 5.74) is 5.23. The lowest BCUT2D eigenvalue weighted by atomic mass is 10.2. The van der Waals surface area contributed by atoms with Gasteiger partial charge in [0.05, 0.1) is 29.8 Å². The lowest BCUT2D eigenvalue weighted by molar-refractivity contribution is 0.0938. The Morgan fingerprint density at radius 2 is 2.13 bits per heavy atom. The number of furan rings is 1. The number of carbonyl (C=O) groups excluding carboxylic acids is 1. The lowest BCUT2D eigenvalue weighted by Gasteiger charge is -2.12. The second kappa shape index (κ2) is 8.89. The molecular formula is C24H26N4O2S. The molecule has 0 aromatic carbocycles. The van der Waals surface area contributed by atoms with E-state index in [1.807, 2.05) is 62.7 Å². The second-order valence-corrected chi connectivity index (χ2v) is 8.56. The predicted molar refractivity (Wildman–Crippen MR) is 123 cm³/mol. The molecule has 1 amide bonds. The van der Waals surface area contributed by atoms with E-state index in [1.54, 1.807) is 17.6 Å². The van der Waals surface area contributed by atoms with Crippen molar-refractivity contribution in [3.05, 3.63) is 70.9 Å². The van der Waals surface area contributed by atoms with Crippen molar-refractivity contribution in [3.8, 4) is 22.0 Å². The predicted octanol–water partition coefficient (Wildman–Crippen LogP) is 5.46. The van der Waals surface area contributed by atoms with Crippen LogP contribution in [-0.4, -0.2) is 26.5 Å². The van der Waals surface area contributed by atoms with E-state index in [0.717, 1.165) is 45.5 Å². The second-order valence-electron chi connectivity index (χ2n) is 7.70. The zero-order valence-corrected chi connectivity index (χ0v) is 19.0. The number of amides is 1. The molecular weight excluding hydrogens is 408 g/mol. The van der Waals surface area contributed by atoms with Crippen LogP contribution in [0.5, 0.6) is 0 Å². The zero-order valence-electron chi connectivity index (χ0n) is 18.2. The lowest BCUT2D eigenvalue weighted by Crippen LogP contribution is -2.32. The first kappa shape index (κ1) is 21.1. The van der Waals surface area contributed by atoms with Crippen molar-refractivity contribution in [1.29, 1.82) is 0 Å². The molecule has 0 aliphatic rings. The molecule has 0 radical (unpaired) electrons. The molecule has 4 heterocycles. The average Bonchev–Trinajstić information content (AvgIpc) is 3.50. The first-order valence-corrected chi connectivity index (χ1v) is 11.3. The summed E-state index contributed by atoms with van der Waals surface area (Å²) >= 11 is 1.57. The van der Waals surface area contributed by atoms with Crippen LogP contribution in [0.3, 0.4) is 0 Å². The van der Waals surface area contributed by atoms with Crippen LogP contribution in [-0.2, 0) is 6.54 Å². The summed E-state index contributed by atoms with van der Waals surface area (Å²) in [5.74, 6) is 0.761. The largest absolute Gasteiger partial charge is 0.467 e. The van der Waals surface area contributed by atoms with Gasteiger partial charge in [0, 0.05) is 34.6 Å². The molecule has 4 aromatic heterocycles. The molecule has 0 saturated heterocycles. The van der Waals surface area contributed by atoms with Gasteiger partial charge in [0.1, 0.15) is 10.8 Å². The third-order valence-electron chi connectivity index (χ3n) is 5.42. The Labute approximate surface area is 186 Å². The van der Waals surface area contributed by atoms with E-state index < -0.39 is 0 Å². The number of thiazole rings is 1. The number of pyridine rings is 1. The molecule has 1 N–H and O–H groups in total. The van der Waals surface area contributed by atoms with Crippen molar-refractivity contribution < 1.29 is 9.21 Å². The molecule has 4 aromatic rings. The third-order valence-corrected chi connectivity index (χ3v) is 6.31. The van der Waals surface area contributed by atoms with Crippen molar-refractivity contribution in [1.82, 2.24) is 19.9 Å². The van der Waals surface area contributed by atoms with Gasteiger partial charge in [-0.15, -0.1) is 11.3 Å². The Balaban J connectivity index is 1.74. The van der Waals surface area contributed by atoms with Crippen molar-refractivity contribution >= 4 is 17.2 Å². The fourth-order valence-electron chi connectivity index (χ4n) is 3.37. The molecule has 6 nitrogen and oxygen atoms in total.